The molecule has 17 heavy (non-hydrogen) atoms. The first-order valence-electron chi connectivity index (χ1n) is 6.57. The summed E-state index contributed by atoms with van der Waals surface area (Å²) in [6, 6.07) is 8.94. The summed E-state index contributed by atoms with van der Waals surface area (Å²) < 4.78 is 5.65. The van der Waals surface area contributed by atoms with Crippen LogP contribution in [0.3, 0.4) is 0 Å². The van der Waals surface area contributed by atoms with Crippen molar-refractivity contribution in [1.82, 2.24) is 5.32 Å². The van der Waals surface area contributed by atoms with Crippen molar-refractivity contribution in [2.45, 2.75) is 46.7 Å². The molecule has 0 spiro atoms. The Kier molecular flexibility index (Phi) is 6.06. The van der Waals surface area contributed by atoms with Gasteiger partial charge in [-0.3, -0.25) is 0 Å². The number of rotatable bonds is 7. The molecule has 0 radical (unpaired) electrons. The fourth-order valence-corrected chi connectivity index (χ4v) is 1.40. The van der Waals surface area contributed by atoms with E-state index in [1.165, 1.54) is 5.56 Å². The van der Waals surface area contributed by atoms with Crippen molar-refractivity contribution in [1.29, 1.82) is 0 Å². The van der Waals surface area contributed by atoms with Gasteiger partial charge in [-0.25, -0.2) is 0 Å². The lowest BCUT2D eigenvalue weighted by Crippen LogP contribution is -2.24. The third-order valence-corrected chi connectivity index (χ3v) is 2.77. The molecule has 0 aromatic heterocycles. The van der Waals surface area contributed by atoms with Gasteiger partial charge in [0.15, 0.2) is 0 Å². The van der Waals surface area contributed by atoms with Crippen molar-refractivity contribution in [2.75, 3.05) is 6.61 Å². The molecule has 0 amide bonds. The van der Waals surface area contributed by atoms with Gasteiger partial charge < -0.3 is 10.1 Å². The molecule has 0 bridgehead atoms. The highest BCUT2D eigenvalue weighted by Gasteiger charge is 2.00. The standard InChI is InChI=1S/C15H25NO/c1-5-13(4)16-10-14-6-8-15(9-7-14)17-11-12(2)3/h6-9,12-13,16H,5,10-11H2,1-4H3. The van der Waals surface area contributed by atoms with Crippen LogP contribution in [-0.2, 0) is 6.54 Å². The van der Waals surface area contributed by atoms with Crippen LogP contribution in [-0.4, -0.2) is 12.6 Å². The van der Waals surface area contributed by atoms with Gasteiger partial charge >= 0.3 is 0 Å². The molecule has 0 aliphatic rings. The van der Waals surface area contributed by atoms with E-state index in [1.54, 1.807) is 0 Å². The minimum atomic E-state index is 0.571. The Bertz CT molecular complexity index is 305. The Labute approximate surface area is 105 Å². The summed E-state index contributed by atoms with van der Waals surface area (Å²) in [6.07, 6.45) is 1.16. The third kappa shape index (κ3) is 5.73. The van der Waals surface area contributed by atoms with E-state index >= 15 is 0 Å². The van der Waals surface area contributed by atoms with Gasteiger partial charge in [0, 0.05) is 12.6 Å². The zero-order valence-corrected chi connectivity index (χ0v) is 11.5. The van der Waals surface area contributed by atoms with Crippen LogP contribution < -0.4 is 10.1 Å². The molecule has 0 aliphatic heterocycles. The zero-order valence-electron chi connectivity index (χ0n) is 11.5. The number of hydrogen-bond acceptors (Lipinski definition) is 2. The summed E-state index contributed by atoms with van der Waals surface area (Å²) in [6.45, 7) is 10.4. The van der Waals surface area contributed by atoms with Crippen molar-refractivity contribution >= 4 is 0 Å². The molecule has 1 unspecified atom stereocenters. The second kappa shape index (κ2) is 7.33. The number of benzene rings is 1. The highest BCUT2D eigenvalue weighted by Crippen LogP contribution is 2.13. The van der Waals surface area contributed by atoms with E-state index in [1.807, 2.05) is 0 Å². The van der Waals surface area contributed by atoms with Gasteiger partial charge in [-0.05, 0) is 37.0 Å². The maximum absolute atomic E-state index is 5.65. The van der Waals surface area contributed by atoms with E-state index in [0.29, 0.717) is 12.0 Å². The summed E-state index contributed by atoms with van der Waals surface area (Å²) >= 11 is 0. The van der Waals surface area contributed by atoms with Crippen molar-refractivity contribution < 1.29 is 4.74 Å². The average molecular weight is 235 g/mol. The van der Waals surface area contributed by atoms with Crippen LogP contribution in [0.1, 0.15) is 39.7 Å². The highest BCUT2D eigenvalue weighted by atomic mass is 16.5. The van der Waals surface area contributed by atoms with E-state index in [4.69, 9.17) is 4.74 Å². The number of nitrogens with one attached hydrogen (secondary N) is 1. The van der Waals surface area contributed by atoms with E-state index < -0.39 is 0 Å². The van der Waals surface area contributed by atoms with Crippen LogP contribution in [0.5, 0.6) is 5.75 Å². The molecule has 1 rings (SSSR count). The van der Waals surface area contributed by atoms with E-state index in [9.17, 15) is 0 Å². The van der Waals surface area contributed by atoms with Crippen LogP contribution in [0.25, 0.3) is 0 Å². The van der Waals surface area contributed by atoms with E-state index in [-0.39, 0.29) is 0 Å². The molecule has 0 aliphatic carbocycles. The molecule has 96 valence electrons. The first-order valence-corrected chi connectivity index (χ1v) is 6.57. The second-order valence-corrected chi connectivity index (χ2v) is 5.04. The Morgan fingerprint density at radius 2 is 1.76 bits per heavy atom. The molecule has 2 heteroatoms. The molecule has 0 saturated heterocycles. The van der Waals surface area contributed by atoms with Crippen LogP contribution >= 0.6 is 0 Å². The molecule has 1 atom stereocenters. The Morgan fingerprint density at radius 1 is 1.12 bits per heavy atom. The number of hydrogen-bond donors (Lipinski definition) is 1. The fourth-order valence-electron chi connectivity index (χ4n) is 1.40. The minimum Gasteiger partial charge on any atom is -0.493 e. The molecular formula is C15H25NO. The molecule has 0 fully saturated rings. The van der Waals surface area contributed by atoms with Gasteiger partial charge in [0.1, 0.15) is 5.75 Å². The molecule has 1 aromatic rings. The van der Waals surface area contributed by atoms with Crippen molar-refractivity contribution in [3.05, 3.63) is 29.8 Å². The monoisotopic (exact) mass is 235 g/mol. The first kappa shape index (κ1) is 14.0. The largest absolute Gasteiger partial charge is 0.493 e. The van der Waals surface area contributed by atoms with Crippen molar-refractivity contribution in [2.24, 2.45) is 5.92 Å². The highest BCUT2D eigenvalue weighted by molar-refractivity contribution is 5.27. The summed E-state index contributed by atoms with van der Waals surface area (Å²) in [4.78, 5) is 0. The van der Waals surface area contributed by atoms with Crippen LogP contribution in [0.4, 0.5) is 0 Å². The summed E-state index contributed by atoms with van der Waals surface area (Å²) in [7, 11) is 0. The van der Waals surface area contributed by atoms with Crippen LogP contribution in [0.2, 0.25) is 0 Å². The molecule has 1 aromatic carbocycles. The SMILES string of the molecule is CCC(C)NCc1ccc(OCC(C)C)cc1. The van der Waals surface area contributed by atoms with Gasteiger partial charge in [-0.2, -0.15) is 0 Å². The summed E-state index contributed by atoms with van der Waals surface area (Å²) in [5.41, 5.74) is 1.31. The van der Waals surface area contributed by atoms with E-state index in [0.717, 1.165) is 25.3 Å². The average Bonchev–Trinajstić information content (AvgIpc) is 2.34. The van der Waals surface area contributed by atoms with Crippen molar-refractivity contribution in [3.8, 4) is 5.75 Å². The maximum atomic E-state index is 5.65. The second-order valence-electron chi connectivity index (χ2n) is 5.04. The quantitative estimate of drug-likeness (QED) is 0.779. The topological polar surface area (TPSA) is 21.3 Å². The fraction of sp³-hybridized carbons (Fsp3) is 0.600. The van der Waals surface area contributed by atoms with Gasteiger partial charge in [-0.15, -0.1) is 0 Å². The lowest BCUT2D eigenvalue weighted by atomic mass is 10.2. The lowest BCUT2D eigenvalue weighted by Gasteiger charge is -2.12. The van der Waals surface area contributed by atoms with Gasteiger partial charge in [0.25, 0.3) is 0 Å². The number of ether oxygens (including phenoxy) is 1. The first-order chi connectivity index (χ1) is 8.11. The van der Waals surface area contributed by atoms with Crippen molar-refractivity contribution in [3.63, 3.8) is 0 Å². The van der Waals surface area contributed by atoms with Crippen LogP contribution in [0.15, 0.2) is 24.3 Å². The predicted molar refractivity (Wildman–Crippen MR) is 73.4 cm³/mol. The molecule has 0 heterocycles. The maximum Gasteiger partial charge on any atom is 0.119 e. The Hall–Kier alpha value is -1.02. The smallest absolute Gasteiger partial charge is 0.119 e. The lowest BCUT2D eigenvalue weighted by molar-refractivity contribution is 0.271. The van der Waals surface area contributed by atoms with Gasteiger partial charge in [-0.1, -0.05) is 32.9 Å². The molecule has 0 saturated carbocycles. The summed E-state index contributed by atoms with van der Waals surface area (Å²) in [5.74, 6) is 1.53. The normalized spacial score (nSPS) is 12.8. The van der Waals surface area contributed by atoms with E-state index in [2.05, 4.69) is 57.3 Å². The third-order valence-electron chi connectivity index (χ3n) is 2.77. The summed E-state index contributed by atoms with van der Waals surface area (Å²) in [5, 5.41) is 3.48. The van der Waals surface area contributed by atoms with Gasteiger partial charge in [0.05, 0.1) is 6.61 Å². The molecular weight excluding hydrogens is 210 g/mol. The van der Waals surface area contributed by atoms with Crippen LogP contribution in [0, 0.1) is 5.92 Å². The molecule has 2 nitrogen and oxygen atoms in total. The van der Waals surface area contributed by atoms with Gasteiger partial charge in [0.2, 0.25) is 0 Å². The molecule has 1 N–H and O–H groups in total. The minimum absolute atomic E-state index is 0.571. The predicted octanol–water partition coefficient (Wildman–Crippen LogP) is 3.61. The zero-order chi connectivity index (χ0) is 12.7. The Balaban J connectivity index is 2.39. The Morgan fingerprint density at radius 3 is 2.29 bits per heavy atom.